The van der Waals surface area contributed by atoms with Crippen LogP contribution in [0.15, 0.2) is 146 Å². The van der Waals surface area contributed by atoms with E-state index in [-0.39, 0.29) is 0 Å². The molecule has 0 aliphatic rings. The quantitative estimate of drug-likeness (QED) is 0.184. The monoisotopic (exact) mass is 606 g/mol. The fourth-order valence-electron chi connectivity index (χ4n) is 7.21. The van der Waals surface area contributed by atoms with Crippen molar-refractivity contribution in [2.45, 2.75) is 6.92 Å². The van der Waals surface area contributed by atoms with Crippen LogP contribution < -0.4 is 0 Å². The zero-order chi connectivity index (χ0) is 30.8. The van der Waals surface area contributed by atoms with Crippen LogP contribution >= 0.6 is 11.3 Å². The highest BCUT2D eigenvalue weighted by Crippen LogP contribution is 2.44. The van der Waals surface area contributed by atoms with Gasteiger partial charge >= 0.3 is 0 Å². The maximum absolute atomic E-state index is 4.17. The van der Waals surface area contributed by atoms with Crippen LogP contribution in [0.2, 0.25) is 0 Å². The average molecular weight is 607 g/mol. The summed E-state index contributed by atoms with van der Waals surface area (Å²) in [4.78, 5) is 1.24. The van der Waals surface area contributed by atoms with Gasteiger partial charge in [0.05, 0.1) is 26.8 Å². The van der Waals surface area contributed by atoms with Gasteiger partial charge in [-0.25, -0.2) is 0 Å². The van der Waals surface area contributed by atoms with E-state index in [4.69, 9.17) is 0 Å². The van der Waals surface area contributed by atoms with Crippen molar-refractivity contribution in [2.24, 2.45) is 0 Å². The molecule has 0 unspecified atom stereocenters. The molecule has 0 bridgehead atoms. The first-order valence-corrected chi connectivity index (χ1v) is 16.5. The Hall–Kier alpha value is -5.64. The van der Waals surface area contributed by atoms with E-state index in [1.165, 1.54) is 86.6 Å². The number of aromatic nitrogens is 2. The number of thiophene rings is 1. The normalized spacial score (nSPS) is 12.0. The minimum atomic E-state index is 1.17. The van der Waals surface area contributed by atoms with Crippen LogP contribution in [-0.4, -0.2) is 9.13 Å². The number of fused-ring (bicyclic) bond motifs is 8. The summed E-state index contributed by atoms with van der Waals surface area (Å²) in [5.74, 6) is 0. The minimum Gasteiger partial charge on any atom is -0.309 e. The second-order valence-corrected chi connectivity index (χ2v) is 12.8. The predicted octanol–water partition coefficient (Wildman–Crippen LogP) is 12.4. The van der Waals surface area contributed by atoms with Crippen LogP contribution in [0, 0.1) is 0 Å². The van der Waals surface area contributed by atoms with E-state index in [0.29, 0.717) is 0 Å². The Labute approximate surface area is 271 Å². The van der Waals surface area contributed by atoms with Gasteiger partial charge in [0, 0.05) is 43.2 Å². The van der Waals surface area contributed by atoms with E-state index in [0.717, 1.165) is 0 Å². The number of hydrogen-bond acceptors (Lipinski definition) is 1. The fraction of sp³-hybridized carbons (Fsp3) is 0.0233. The number of nitrogens with zero attached hydrogens (tertiary/aromatic N) is 2. The molecule has 218 valence electrons. The summed E-state index contributed by atoms with van der Waals surface area (Å²) in [6.45, 7) is 6.24. The lowest BCUT2D eigenvalue weighted by atomic mass is 10.00. The van der Waals surface area contributed by atoms with Gasteiger partial charge in [0.2, 0.25) is 0 Å². The van der Waals surface area contributed by atoms with Crippen LogP contribution in [-0.2, 0) is 0 Å². The first-order valence-electron chi connectivity index (χ1n) is 15.7. The van der Waals surface area contributed by atoms with Gasteiger partial charge in [0.25, 0.3) is 0 Å². The first-order chi connectivity index (χ1) is 22.7. The first kappa shape index (κ1) is 26.7. The summed E-state index contributed by atoms with van der Waals surface area (Å²) < 4.78 is 6.10. The molecule has 0 aliphatic heterocycles. The Morgan fingerprint density at radius 2 is 1.11 bits per heavy atom. The molecule has 3 heterocycles. The molecule has 46 heavy (non-hydrogen) atoms. The summed E-state index contributed by atoms with van der Waals surface area (Å²) in [6, 6.07) is 48.6. The lowest BCUT2D eigenvalue weighted by molar-refractivity contribution is 1.18. The summed E-state index contributed by atoms with van der Waals surface area (Å²) in [6.07, 6.45) is 6.31. The zero-order valence-electron chi connectivity index (χ0n) is 25.4. The van der Waals surface area contributed by atoms with Gasteiger partial charge < -0.3 is 9.13 Å². The van der Waals surface area contributed by atoms with Crippen molar-refractivity contribution in [3.8, 4) is 22.5 Å². The fourth-order valence-corrected chi connectivity index (χ4v) is 8.52. The van der Waals surface area contributed by atoms with E-state index in [9.17, 15) is 0 Å². The average Bonchev–Trinajstić information content (AvgIpc) is 3.75. The summed E-state index contributed by atoms with van der Waals surface area (Å²) in [5.41, 5.74) is 10.9. The highest BCUT2D eigenvalue weighted by atomic mass is 32.1. The second kappa shape index (κ2) is 10.5. The van der Waals surface area contributed by atoms with Gasteiger partial charge in [-0.05, 0) is 84.3 Å². The molecule has 0 fully saturated rings. The molecule has 0 radical (unpaired) electrons. The van der Waals surface area contributed by atoms with Crippen molar-refractivity contribution >= 4 is 77.2 Å². The maximum atomic E-state index is 4.17. The summed E-state index contributed by atoms with van der Waals surface area (Å²) >= 11 is 1.85. The van der Waals surface area contributed by atoms with E-state index < -0.39 is 0 Å². The molecule has 0 spiro atoms. The highest BCUT2D eigenvalue weighted by molar-refractivity contribution is 7.21. The Bertz CT molecular complexity index is 2650. The van der Waals surface area contributed by atoms with Crippen molar-refractivity contribution in [2.75, 3.05) is 0 Å². The molecule has 0 atom stereocenters. The smallest absolute Gasteiger partial charge is 0.0719 e. The van der Waals surface area contributed by atoms with E-state index in [1.54, 1.807) is 0 Å². The molecular formula is C43H30N2S. The third-order valence-corrected chi connectivity index (χ3v) is 10.4. The topological polar surface area (TPSA) is 9.86 Å². The maximum Gasteiger partial charge on any atom is 0.0719 e. The molecule has 0 saturated heterocycles. The molecule has 3 aromatic heterocycles. The van der Waals surface area contributed by atoms with Crippen molar-refractivity contribution in [1.29, 1.82) is 0 Å². The molecule has 6 aromatic carbocycles. The lowest BCUT2D eigenvalue weighted by Crippen LogP contribution is -1.93. The van der Waals surface area contributed by atoms with Gasteiger partial charge in [-0.3, -0.25) is 0 Å². The molecular weight excluding hydrogens is 577 g/mol. The third-order valence-electron chi connectivity index (χ3n) is 9.21. The van der Waals surface area contributed by atoms with Crippen molar-refractivity contribution < 1.29 is 0 Å². The predicted molar refractivity (Wildman–Crippen MR) is 201 cm³/mol. The van der Waals surface area contributed by atoms with Crippen LogP contribution in [0.3, 0.4) is 0 Å². The van der Waals surface area contributed by atoms with Crippen LogP contribution in [0.25, 0.3) is 88.4 Å². The Morgan fingerprint density at radius 1 is 0.543 bits per heavy atom. The third kappa shape index (κ3) is 3.89. The van der Waals surface area contributed by atoms with E-state index in [2.05, 4.69) is 168 Å². The van der Waals surface area contributed by atoms with Crippen molar-refractivity contribution in [1.82, 2.24) is 9.13 Å². The van der Waals surface area contributed by atoms with Crippen molar-refractivity contribution in [3.05, 3.63) is 157 Å². The van der Waals surface area contributed by atoms with Gasteiger partial charge in [-0.2, -0.15) is 0 Å². The molecule has 2 nitrogen and oxygen atoms in total. The Morgan fingerprint density at radius 3 is 1.78 bits per heavy atom. The second-order valence-electron chi connectivity index (χ2n) is 11.7. The van der Waals surface area contributed by atoms with Gasteiger partial charge in [-0.15, -0.1) is 11.3 Å². The number of hydrogen-bond donors (Lipinski definition) is 0. The highest BCUT2D eigenvalue weighted by Gasteiger charge is 2.20. The van der Waals surface area contributed by atoms with Gasteiger partial charge in [0.15, 0.2) is 0 Å². The molecule has 0 saturated carbocycles. The summed E-state index contributed by atoms with van der Waals surface area (Å²) in [7, 11) is 0. The molecule has 0 aliphatic carbocycles. The molecule has 3 heteroatoms. The standard InChI is InChI=1S/C43H30N2S/c1-3-13-41-32(4-2)35-23-22-34-37-27-29(21-25-40(37)45(42(34)43(35)46-41)31-16-9-6-10-17-31)28-20-24-39-36(26-28)33-18-11-12-19-38(33)44(39)30-14-7-5-8-15-30/h3-27H,2H2,1H3/b13-3-. The number of allylic oxidation sites excluding steroid dienone is 1. The number of rotatable bonds is 5. The number of benzene rings is 6. The Balaban J connectivity index is 1.31. The molecule has 9 rings (SSSR count). The van der Waals surface area contributed by atoms with Gasteiger partial charge in [-0.1, -0.05) is 97.6 Å². The van der Waals surface area contributed by atoms with E-state index >= 15 is 0 Å². The van der Waals surface area contributed by atoms with E-state index in [1.807, 2.05) is 17.4 Å². The number of para-hydroxylation sites is 3. The van der Waals surface area contributed by atoms with Crippen LogP contribution in [0.5, 0.6) is 0 Å². The van der Waals surface area contributed by atoms with Crippen molar-refractivity contribution in [3.63, 3.8) is 0 Å². The largest absolute Gasteiger partial charge is 0.309 e. The lowest BCUT2D eigenvalue weighted by Gasteiger charge is -2.09. The summed E-state index contributed by atoms with van der Waals surface area (Å²) in [5, 5.41) is 6.30. The van der Waals surface area contributed by atoms with Crippen LogP contribution in [0.1, 0.15) is 17.4 Å². The SMILES string of the molecule is C=Cc1c(/C=C\C)sc2c1ccc1c3cc(-c4ccc5c(c4)c4ccccc4n5-c4ccccc4)ccc3n(-c3ccccc3)c12. The molecule has 0 amide bonds. The minimum absolute atomic E-state index is 1.17. The van der Waals surface area contributed by atoms with Crippen LogP contribution in [0.4, 0.5) is 0 Å². The zero-order valence-corrected chi connectivity index (χ0v) is 26.3. The molecule has 9 aromatic rings. The van der Waals surface area contributed by atoms with Gasteiger partial charge in [0.1, 0.15) is 0 Å². The molecule has 0 N–H and O–H groups in total. The Kier molecular flexibility index (Phi) is 6.09.